The van der Waals surface area contributed by atoms with Crippen LogP contribution in [0.25, 0.3) is 21.9 Å². The highest BCUT2D eigenvalue weighted by Gasteiger charge is 2.25. The molecule has 1 heterocycles. The standard InChI is InChI=1S/C42H44N2O4/c1-42(2,3)33-19-22-34(23-20-33)48-35-21-18-32-26-38(43-37(36(32)27-35)24-28-10-8-9-11-28)40(45)44-39(41(46)47-4)25-29-14-16-31(17-15-29)30-12-6-5-7-13-30/h5-7,12-23,26-28,39H,8-11,24-25H2,1-4H3,(H,44,45)/t39-/m0/s1. The van der Waals surface area contributed by atoms with Crippen molar-refractivity contribution in [3.05, 3.63) is 126 Å². The van der Waals surface area contributed by atoms with Gasteiger partial charge in [-0.15, -0.1) is 0 Å². The predicted octanol–water partition coefficient (Wildman–Crippen LogP) is 9.24. The Labute approximate surface area is 283 Å². The molecule has 0 bridgehead atoms. The Bertz CT molecular complexity index is 1870. The van der Waals surface area contributed by atoms with E-state index in [1.807, 2.05) is 72.8 Å². The van der Waals surface area contributed by atoms with Gasteiger partial charge < -0.3 is 14.8 Å². The van der Waals surface area contributed by atoms with Crippen molar-refractivity contribution in [2.24, 2.45) is 5.92 Å². The maximum Gasteiger partial charge on any atom is 0.328 e. The number of esters is 1. The summed E-state index contributed by atoms with van der Waals surface area (Å²) in [5.41, 5.74) is 5.60. The van der Waals surface area contributed by atoms with Crippen LogP contribution in [0, 0.1) is 5.92 Å². The molecule has 1 fully saturated rings. The molecule has 1 atom stereocenters. The molecule has 0 saturated heterocycles. The van der Waals surface area contributed by atoms with Gasteiger partial charge in [0.25, 0.3) is 5.91 Å². The average Bonchev–Trinajstić information content (AvgIpc) is 3.61. The number of methoxy groups -OCH3 is 1. The highest BCUT2D eigenvalue weighted by Crippen LogP contribution is 2.33. The lowest BCUT2D eigenvalue weighted by Crippen LogP contribution is -2.43. The summed E-state index contributed by atoms with van der Waals surface area (Å²) in [7, 11) is 1.34. The number of ether oxygens (including phenoxy) is 2. The fraction of sp³-hybridized carbons (Fsp3) is 0.310. The highest BCUT2D eigenvalue weighted by molar-refractivity contribution is 5.99. The molecular weight excluding hydrogens is 596 g/mol. The largest absolute Gasteiger partial charge is 0.467 e. The van der Waals surface area contributed by atoms with E-state index < -0.39 is 17.9 Å². The number of pyridine rings is 1. The third kappa shape index (κ3) is 7.93. The van der Waals surface area contributed by atoms with Crippen molar-refractivity contribution in [2.75, 3.05) is 7.11 Å². The van der Waals surface area contributed by atoms with E-state index >= 15 is 0 Å². The Balaban J connectivity index is 1.24. The second-order valence-electron chi connectivity index (χ2n) is 13.9. The van der Waals surface area contributed by atoms with Crippen LogP contribution < -0.4 is 10.1 Å². The Kier molecular flexibility index (Phi) is 9.90. The van der Waals surface area contributed by atoms with E-state index in [2.05, 4.69) is 50.4 Å². The summed E-state index contributed by atoms with van der Waals surface area (Å²) < 4.78 is 11.4. The molecular formula is C42H44N2O4. The third-order valence-corrected chi connectivity index (χ3v) is 9.32. The summed E-state index contributed by atoms with van der Waals surface area (Å²) in [6, 6.07) is 33.2. The molecule has 1 N–H and O–H groups in total. The SMILES string of the molecule is COC(=O)[C@H](Cc1ccc(-c2ccccc2)cc1)NC(=O)c1cc2ccc(Oc3ccc(C(C)(C)C)cc3)cc2c(CC2CCCC2)n1. The second kappa shape index (κ2) is 14.4. The zero-order valence-electron chi connectivity index (χ0n) is 28.3. The first-order valence-corrected chi connectivity index (χ1v) is 16.9. The monoisotopic (exact) mass is 640 g/mol. The van der Waals surface area contributed by atoms with E-state index in [-0.39, 0.29) is 11.1 Å². The maximum absolute atomic E-state index is 13.7. The van der Waals surface area contributed by atoms with Gasteiger partial charge in [-0.2, -0.15) is 0 Å². The first kappa shape index (κ1) is 33.0. The molecule has 6 rings (SSSR count). The number of benzene rings is 4. The molecule has 48 heavy (non-hydrogen) atoms. The lowest BCUT2D eigenvalue weighted by molar-refractivity contribution is -0.142. The summed E-state index contributed by atoms with van der Waals surface area (Å²) in [6.07, 6.45) is 5.83. The molecule has 0 aliphatic heterocycles. The van der Waals surface area contributed by atoms with Gasteiger partial charge in [0.2, 0.25) is 0 Å². The number of nitrogens with zero attached hydrogens (tertiary/aromatic N) is 1. The van der Waals surface area contributed by atoms with E-state index in [0.717, 1.165) is 63.9 Å². The predicted molar refractivity (Wildman–Crippen MR) is 191 cm³/mol. The molecule has 0 spiro atoms. The molecule has 0 unspecified atom stereocenters. The molecule has 1 amide bonds. The summed E-state index contributed by atoms with van der Waals surface area (Å²) in [5.74, 6) is 1.11. The van der Waals surface area contributed by atoms with E-state index in [1.165, 1.54) is 25.5 Å². The Morgan fingerprint density at radius 2 is 1.50 bits per heavy atom. The number of hydrogen-bond acceptors (Lipinski definition) is 5. The quantitative estimate of drug-likeness (QED) is 0.154. The van der Waals surface area contributed by atoms with Crippen molar-refractivity contribution in [2.45, 2.75) is 70.8 Å². The number of nitrogens with one attached hydrogen (secondary N) is 1. The van der Waals surface area contributed by atoms with Gasteiger partial charge in [-0.3, -0.25) is 4.79 Å². The number of hydrogen-bond donors (Lipinski definition) is 1. The van der Waals surface area contributed by atoms with Gasteiger partial charge in [-0.25, -0.2) is 9.78 Å². The second-order valence-corrected chi connectivity index (χ2v) is 13.9. The molecule has 246 valence electrons. The zero-order valence-corrected chi connectivity index (χ0v) is 28.3. The molecule has 6 nitrogen and oxygen atoms in total. The highest BCUT2D eigenvalue weighted by atomic mass is 16.5. The summed E-state index contributed by atoms with van der Waals surface area (Å²) in [5, 5.41) is 4.81. The number of aromatic nitrogens is 1. The van der Waals surface area contributed by atoms with Gasteiger partial charge in [0.15, 0.2) is 0 Å². The Morgan fingerprint density at radius 3 is 2.17 bits per heavy atom. The minimum absolute atomic E-state index is 0.0668. The number of carbonyl (C=O) groups excluding carboxylic acids is 2. The normalized spacial score (nSPS) is 14.1. The van der Waals surface area contributed by atoms with Crippen molar-refractivity contribution in [3.63, 3.8) is 0 Å². The maximum atomic E-state index is 13.7. The van der Waals surface area contributed by atoms with Crippen molar-refractivity contribution in [1.82, 2.24) is 10.3 Å². The molecule has 1 aliphatic rings. The van der Waals surface area contributed by atoms with Crippen molar-refractivity contribution >= 4 is 22.6 Å². The van der Waals surface area contributed by atoms with Crippen molar-refractivity contribution in [1.29, 1.82) is 0 Å². The van der Waals surface area contributed by atoms with Gasteiger partial charge in [0.05, 0.1) is 7.11 Å². The molecule has 1 aliphatic carbocycles. The van der Waals surface area contributed by atoms with Crippen LogP contribution in [0.2, 0.25) is 0 Å². The minimum Gasteiger partial charge on any atom is -0.467 e. The van der Waals surface area contributed by atoms with Crippen LogP contribution in [-0.2, 0) is 27.8 Å². The van der Waals surface area contributed by atoms with Crippen LogP contribution in [0.5, 0.6) is 11.5 Å². The van der Waals surface area contributed by atoms with Gasteiger partial charge in [0, 0.05) is 17.5 Å². The van der Waals surface area contributed by atoms with Crippen LogP contribution in [0.1, 0.15) is 73.8 Å². The number of carbonyl (C=O) groups is 2. The number of rotatable bonds is 10. The van der Waals surface area contributed by atoms with Crippen molar-refractivity contribution in [3.8, 4) is 22.6 Å². The number of fused-ring (bicyclic) bond motifs is 1. The Hall–Kier alpha value is -4.97. The minimum atomic E-state index is -0.860. The molecule has 1 aromatic heterocycles. The molecule has 6 heteroatoms. The van der Waals surface area contributed by atoms with Gasteiger partial charge >= 0.3 is 5.97 Å². The van der Waals surface area contributed by atoms with Crippen LogP contribution in [0.3, 0.4) is 0 Å². The fourth-order valence-electron chi connectivity index (χ4n) is 6.55. The number of amides is 1. The van der Waals surface area contributed by atoms with Gasteiger partial charge in [-0.05, 0) is 75.7 Å². The van der Waals surface area contributed by atoms with E-state index in [9.17, 15) is 9.59 Å². The molecule has 1 saturated carbocycles. The van der Waals surface area contributed by atoms with Crippen LogP contribution in [0.15, 0.2) is 103 Å². The van der Waals surface area contributed by atoms with E-state index in [1.54, 1.807) is 6.07 Å². The topological polar surface area (TPSA) is 77.5 Å². The van der Waals surface area contributed by atoms with Crippen LogP contribution in [-0.4, -0.2) is 30.0 Å². The summed E-state index contributed by atoms with van der Waals surface area (Å²) in [4.78, 5) is 31.5. The lowest BCUT2D eigenvalue weighted by Gasteiger charge is -2.19. The van der Waals surface area contributed by atoms with E-state index in [4.69, 9.17) is 14.5 Å². The van der Waals surface area contributed by atoms with E-state index in [0.29, 0.717) is 12.3 Å². The van der Waals surface area contributed by atoms with Crippen molar-refractivity contribution < 1.29 is 19.1 Å². The first-order chi connectivity index (χ1) is 23.2. The lowest BCUT2D eigenvalue weighted by atomic mass is 9.87. The average molecular weight is 641 g/mol. The summed E-state index contributed by atoms with van der Waals surface area (Å²) >= 11 is 0. The smallest absolute Gasteiger partial charge is 0.328 e. The van der Waals surface area contributed by atoms with Gasteiger partial charge in [-0.1, -0.05) is 119 Å². The third-order valence-electron chi connectivity index (χ3n) is 9.32. The van der Waals surface area contributed by atoms with Crippen LogP contribution in [0.4, 0.5) is 0 Å². The molecule has 0 radical (unpaired) electrons. The fourth-order valence-corrected chi connectivity index (χ4v) is 6.55. The molecule has 4 aromatic carbocycles. The Morgan fingerprint density at radius 1 is 0.833 bits per heavy atom. The molecule has 5 aromatic rings. The zero-order chi connectivity index (χ0) is 33.7. The van der Waals surface area contributed by atoms with Gasteiger partial charge in [0.1, 0.15) is 23.2 Å². The van der Waals surface area contributed by atoms with Crippen LogP contribution >= 0.6 is 0 Å². The summed E-state index contributed by atoms with van der Waals surface area (Å²) in [6.45, 7) is 6.58. The first-order valence-electron chi connectivity index (χ1n) is 16.9.